The Morgan fingerprint density at radius 3 is 3.20 bits per heavy atom. The third-order valence-electron chi connectivity index (χ3n) is 2.98. The maximum atomic E-state index is 5.70. The molecule has 0 spiro atoms. The van der Waals surface area contributed by atoms with Gasteiger partial charge in [0.05, 0.1) is 6.54 Å². The maximum absolute atomic E-state index is 5.70. The lowest BCUT2D eigenvalue weighted by Gasteiger charge is -2.19. The number of nitrogens with zero attached hydrogens (tertiary/aromatic N) is 4. The normalized spacial score (nSPS) is 19.6. The van der Waals surface area contributed by atoms with Gasteiger partial charge in [0.2, 0.25) is 0 Å². The van der Waals surface area contributed by atoms with Crippen molar-refractivity contribution in [3.8, 4) is 11.8 Å². The van der Waals surface area contributed by atoms with Crippen molar-refractivity contribution in [2.24, 2.45) is 15.8 Å². The molecular formula is C14H14N6. The van der Waals surface area contributed by atoms with Crippen molar-refractivity contribution in [1.82, 2.24) is 9.99 Å². The molecule has 100 valence electrons. The predicted molar refractivity (Wildman–Crippen MR) is 79.4 cm³/mol. The highest BCUT2D eigenvalue weighted by Crippen LogP contribution is 2.14. The van der Waals surface area contributed by atoms with Gasteiger partial charge in [-0.3, -0.25) is 4.99 Å². The molecule has 1 aromatic rings. The molecule has 3 rings (SSSR count). The van der Waals surface area contributed by atoms with Crippen LogP contribution in [0.1, 0.15) is 5.56 Å². The number of nitrogens with one attached hydrogen (secondary N) is 1. The highest BCUT2D eigenvalue weighted by Gasteiger charge is 2.26. The molecule has 0 saturated carbocycles. The summed E-state index contributed by atoms with van der Waals surface area (Å²) in [4.78, 5) is 8.54. The van der Waals surface area contributed by atoms with Crippen LogP contribution in [0.4, 0.5) is 5.82 Å². The van der Waals surface area contributed by atoms with Gasteiger partial charge in [0, 0.05) is 18.8 Å². The summed E-state index contributed by atoms with van der Waals surface area (Å²) < 4.78 is 0. The molecule has 0 saturated heterocycles. The topological polar surface area (TPSA) is 78.9 Å². The van der Waals surface area contributed by atoms with E-state index in [9.17, 15) is 0 Å². The number of aliphatic imine (C=N–C) groups is 1. The number of anilines is 1. The van der Waals surface area contributed by atoms with Gasteiger partial charge < -0.3 is 11.1 Å². The van der Waals surface area contributed by atoms with Gasteiger partial charge in [0.1, 0.15) is 23.5 Å². The van der Waals surface area contributed by atoms with E-state index in [1.165, 1.54) is 0 Å². The number of nitrogens with two attached hydrogens (primary N) is 1. The minimum atomic E-state index is -0.0697. The van der Waals surface area contributed by atoms with Gasteiger partial charge in [0.25, 0.3) is 0 Å². The van der Waals surface area contributed by atoms with Gasteiger partial charge in [-0.1, -0.05) is 11.8 Å². The molecule has 0 amide bonds. The molecule has 6 nitrogen and oxygen atoms in total. The van der Waals surface area contributed by atoms with E-state index in [0.29, 0.717) is 12.4 Å². The molecule has 0 radical (unpaired) electrons. The van der Waals surface area contributed by atoms with E-state index in [1.807, 2.05) is 25.3 Å². The van der Waals surface area contributed by atoms with Gasteiger partial charge in [-0.05, 0) is 24.3 Å². The van der Waals surface area contributed by atoms with Crippen LogP contribution in [-0.2, 0) is 0 Å². The van der Waals surface area contributed by atoms with Crippen LogP contribution in [-0.4, -0.2) is 41.3 Å². The Kier molecular flexibility index (Phi) is 3.09. The first-order chi connectivity index (χ1) is 9.76. The summed E-state index contributed by atoms with van der Waals surface area (Å²) in [5, 5.41) is 9.01. The Balaban J connectivity index is 1.80. The highest BCUT2D eigenvalue weighted by molar-refractivity contribution is 6.05. The van der Waals surface area contributed by atoms with Gasteiger partial charge in [-0.15, -0.1) is 0 Å². The number of hydrogen-bond donors (Lipinski definition) is 2. The fourth-order valence-corrected chi connectivity index (χ4v) is 1.98. The second-order valence-corrected chi connectivity index (χ2v) is 4.37. The molecule has 0 aromatic carbocycles. The fraction of sp³-hybridized carbons (Fsp3) is 0.214. The number of hydrazone groups is 1. The van der Waals surface area contributed by atoms with E-state index in [-0.39, 0.29) is 6.04 Å². The molecule has 0 fully saturated rings. The van der Waals surface area contributed by atoms with E-state index in [1.54, 1.807) is 17.3 Å². The van der Waals surface area contributed by atoms with Crippen molar-refractivity contribution in [2.75, 3.05) is 18.9 Å². The van der Waals surface area contributed by atoms with Gasteiger partial charge in [0.15, 0.2) is 0 Å². The largest absolute Gasteiger partial charge is 0.382 e. The molecule has 0 bridgehead atoms. The number of fused-ring (bicyclic) bond motifs is 1. The Labute approximate surface area is 117 Å². The van der Waals surface area contributed by atoms with Gasteiger partial charge >= 0.3 is 0 Å². The van der Waals surface area contributed by atoms with Crippen LogP contribution in [0, 0.1) is 11.8 Å². The molecule has 2 aliphatic heterocycles. The second-order valence-electron chi connectivity index (χ2n) is 4.37. The summed E-state index contributed by atoms with van der Waals surface area (Å²) in [6.07, 6.45) is 5.33. The van der Waals surface area contributed by atoms with Crippen molar-refractivity contribution < 1.29 is 0 Å². The van der Waals surface area contributed by atoms with Crippen molar-refractivity contribution in [2.45, 2.75) is 6.04 Å². The van der Waals surface area contributed by atoms with Crippen LogP contribution in [0.15, 0.2) is 40.6 Å². The standard InChI is InChI=1S/C14H14N6/c1-16-13-8-10(6-7-17-13)2-3-11-9-18-14-5-4-12(15)19-20(11)14/h4-8,11H,9H2,1H3,(H2,15,19)(H,16,17). The monoisotopic (exact) mass is 266 g/mol. The van der Waals surface area contributed by atoms with Crippen LogP contribution >= 0.6 is 0 Å². The number of hydrogen-bond acceptors (Lipinski definition) is 6. The molecule has 1 unspecified atom stereocenters. The predicted octanol–water partition coefficient (Wildman–Crippen LogP) is 0.399. The van der Waals surface area contributed by atoms with Crippen LogP contribution in [0.3, 0.4) is 0 Å². The fourth-order valence-electron chi connectivity index (χ4n) is 1.98. The Morgan fingerprint density at radius 1 is 1.45 bits per heavy atom. The van der Waals surface area contributed by atoms with Crippen molar-refractivity contribution in [3.05, 3.63) is 36.0 Å². The van der Waals surface area contributed by atoms with Crippen LogP contribution in [0.5, 0.6) is 0 Å². The minimum absolute atomic E-state index is 0.0697. The molecular weight excluding hydrogens is 252 g/mol. The van der Waals surface area contributed by atoms with Gasteiger partial charge in [-0.2, -0.15) is 5.10 Å². The first-order valence-corrected chi connectivity index (χ1v) is 6.27. The van der Waals surface area contributed by atoms with E-state index in [0.717, 1.165) is 17.2 Å². The lowest BCUT2D eigenvalue weighted by Crippen LogP contribution is -2.34. The van der Waals surface area contributed by atoms with Crippen LogP contribution in [0.25, 0.3) is 0 Å². The molecule has 0 aliphatic carbocycles. The van der Waals surface area contributed by atoms with E-state index < -0.39 is 0 Å². The molecule has 6 heteroatoms. The number of rotatable bonds is 1. The lowest BCUT2D eigenvalue weighted by molar-refractivity contribution is 0.424. The number of amidine groups is 2. The average molecular weight is 266 g/mol. The van der Waals surface area contributed by atoms with Gasteiger partial charge in [-0.25, -0.2) is 9.99 Å². The summed E-state index contributed by atoms with van der Waals surface area (Å²) in [5.41, 5.74) is 6.60. The zero-order valence-electron chi connectivity index (χ0n) is 11.0. The smallest absolute Gasteiger partial charge is 0.145 e. The summed E-state index contributed by atoms with van der Waals surface area (Å²) in [6.45, 7) is 0.605. The molecule has 1 aromatic heterocycles. The zero-order chi connectivity index (χ0) is 13.9. The van der Waals surface area contributed by atoms with E-state index in [2.05, 4.69) is 32.2 Å². The summed E-state index contributed by atoms with van der Waals surface area (Å²) in [6, 6.07) is 3.70. The average Bonchev–Trinajstić information content (AvgIpc) is 2.87. The number of pyridine rings is 1. The molecule has 20 heavy (non-hydrogen) atoms. The van der Waals surface area contributed by atoms with Crippen LogP contribution < -0.4 is 11.1 Å². The molecule has 2 aliphatic rings. The quantitative estimate of drug-likeness (QED) is 0.721. The molecule has 3 N–H and O–H groups in total. The van der Waals surface area contributed by atoms with E-state index >= 15 is 0 Å². The molecule has 1 atom stereocenters. The lowest BCUT2D eigenvalue weighted by atomic mass is 10.2. The third kappa shape index (κ3) is 2.34. The maximum Gasteiger partial charge on any atom is 0.145 e. The van der Waals surface area contributed by atoms with Crippen molar-refractivity contribution >= 4 is 17.5 Å². The Morgan fingerprint density at radius 2 is 2.35 bits per heavy atom. The minimum Gasteiger partial charge on any atom is -0.382 e. The molecule has 3 heterocycles. The number of aromatic nitrogens is 1. The Hall–Kier alpha value is -2.81. The second kappa shape index (κ2) is 5.05. The first-order valence-electron chi connectivity index (χ1n) is 6.27. The van der Waals surface area contributed by atoms with Crippen molar-refractivity contribution in [1.29, 1.82) is 0 Å². The first kappa shape index (κ1) is 12.2. The summed E-state index contributed by atoms with van der Waals surface area (Å²) in [5.74, 6) is 8.38. The zero-order valence-corrected chi connectivity index (χ0v) is 11.0. The van der Waals surface area contributed by atoms with Crippen molar-refractivity contribution in [3.63, 3.8) is 0 Å². The van der Waals surface area contributed by atoms with E-state index in [4.69, 9.17) is 5.73 Å². The highest BCUT2D eigenvalue weighted by atomic mass is 15.5. The third-order valence-corrected chi connectivity index (χ3v) is 2.98. The Bertz CT molecular complexity index is 676. The van der Waals surface area contributed by atoms with Crippen LogP contribution in [0.2, 0.25) is 0 Å². The summed E-state index contributed by atoms with van der Waals surface area (Å²) >= 11 is 0. The SMILES string of the molecule is CNc1cc(C#CC2CN=C3C=CC(N)=NN32)ccn1. The summed E-state index contributed by atoms with van der Waals surface area (Å²) in [7, 11) is 1.83.